The summed E-state index contributed by atoms with van der Waals surface area (Å²) in [4.78, 5) is 47.9. The van der Waals surface area contributed by atoms with Crippen molar-refractivity contribution in [3.05, 3.63) is 130 Å². The number of thiazole rings is 1. The lowest BCUT2D eigenvalue weighted by atomic mass is 10.2. The summed E-state index contributed by atoms with van der Waals surface area (Å²) in [5.74, 6) is -0.967. The van der Waals surface area contributed by atoms with E-state index in [9.17, 15) is 14.4 Å². The third kappa shape index (κ3) is 8.55. The van der Waals surface area contributed by atoms with Crippen molar-refractivity contribution in [1.82, 2.24) is 15.3 Å². The van der Waals surface area contributed by atoms with Crippen molar-refractivity contribution in [1.29, 1.82) is 0 Å². The molecule has 3 N–H and O–H groups in total. The third-order valence-corrected chi connectivity index (χ3v) is 8.28. The van der Waals surface area contributed by atoms with Crippen LogP contribution < -0.4 is 16.0 Å². The molecule has 0 saturated carbocycles. The quantitative estimate of drug-likeness (QED) is 0.105. The molecule has 0 fully saturated rings. The van der Waals surface area contributed by atoms with Gasteiger partial charge in [0.2, 0.25) is 5.91 Å². The van der Waals surface area contributed by atoms with Gasteiger partial charge in [-0.05, 0) is 72.3 Å². The highest BCUT2D eigenvalue weighted by Gasteiger charge is 2.16. The number of rotatable bonds is 10. The van der Waals surface area contributed by atoms with Crippen LogP contribution >= 0.6 is 46.3 Å². The maximum absolute atomic E-state index is 13.2. The van der Waals surface area contributed by atoms with Gasteiger partial charge in [0.05, 0.1) is 16.5 Å². The molecule has 5 rings (SSSR count). The Morgan fingerprint density at radius 3 is 2.43 bits per heavy atom. The van der Waals surface area contributed by atoms with Crippen LogP contribution in [0.4, 0.5) is 10.8 Å². The summed E-state index contributed by atoms with van der Waals surface area (Å²) in [6.07, 6.45) is 4.77. The number of thioether (sulfide) groups is 1. The minimum atomic E-state index is -0.499. The van der Waals surface area contributed by atoms with Gasteiger partial charge in [-0.2, -0.15) is 0 Å². The molecule has 0 unspecified atom stereocenters. The van der Waals surface area contributed by atoms with E-state index in [0.29, 0.717) is 37.7 Å². The Bertz CT molecular complexity index is 1820. The molecular weight excluding hydrogens is 637 g/mol. The Balaban J connectivity index is 1.17. The van der Waals surface area contributed by atoms with Gasteiger partial charge >= 0.3 is 0 Å². The van der Waals surface area contributed by atoms with Gasteiger partial charge in [0.15, 0.2) is 5.13 Å². The Kier molecular flexibility index (Phi) is 10.4. The van der Waals surface area contributed by atoms with Crippen LogP contribution in [0.2, 0.25) is 10.0 Å². The average Bonchev–Trinajstić information content (AvgIpc) is 3.49. The van der Waals surface area contributed by atoms with Crippen LogP contribution in [0.25, 0.3) is 17.3 Å². The molecule has 0 atom stereocenters. The van der Waals surface area contributed by atoms with Gasteiger partial charge in [-0.25, -0.2) is 4.98 Å². The molecule has 0 aliphatic rings. The molecule has 0 bridgehead atoms. The lowest BCUT2D eigenvalue weighted by Crippen LogP contribution is -2.30. The first kappa shape index (κ1) is 31.0. The van der Waals surface area contributed by atoms with Crippen molar-refractivity contribution >= 4 is 80.9 Å². The molecule has 0 aliphatic carbocycles. The summed E-state index contributed by atoms with van der Waals surface area (Å²) < 4.78 is 0. The molecule has 0 saturated heterocycles. The number of nitrogens with one attached hydrogen (secondary N) is 3. The van der Waals surface area contributed by atoms with Gasteiger partial charge in [-0.3, -0.25) is 19.4 Å². The highest BCUT2D eigenvalue weighted by Crippen LogP contribution is 2.32. The summed E-state index contributed by atoms with van der Waals surface area (Å²) in [5.41, 5.74) is 3.03. The van der Waals surface area contributed by atoms with E-state index in [1.54, 1.807) is 103 Å². The van der Waals surface area contributed by atoms with Crippen LogP contribution in [-0.2, 0) is 9.59 Å². The van der Waals surface area contributed by atoms with E-state index in [4.69, 9.17) is 23.2 Å². The summed E-state index contributed by atoms with van der Waals surface area (Å²) in [6, 6.07) is 24.3. The zero-order valence-electron chi connectivity index (χ0n) is 22.8. The predicted octanol–water partition coefficient (Wildman–Crippen LogP) is 7.65. The van der Waals surface area contributed by atoms with Crippen LogP contribution in [0, 0.1) is 0 Å². The first-order chi connectivity index (χ1) is 21.3. The lowest BCUT2D eigenvalue weighted by molar-refractivity contribution is -0.114. The Morgan fingerprint density at radius 1 is 0.909 bits per heavy atom. The second kappa shape index (κ2) is 14.8. The molecule has 3 aromatic carbocycles. The van der Waals surface area contributed by atoms with Gasteiger partial charge < -0.3 is 16.0 Å². The molecule has 8 nitrogen and oxygen atoms in total. The number of hydrogen-bond acceptors (Lipinski definition) is 7. The van der Waals surface area contributed by atoms with Crippen molar-refractivity contribution in [2.45, 2.75) is 4.90 Å². The number of amides is 3. The van der Waals surface area contributed by atoms with Gasteiger partial charge in [-0.15, -0.1) is 23.1 Å². The number of anilines is 2. The van der Waals surface area contributed by atoms with Crippen LogP contribution in [0.3, 0.4) is 0 Å². The third-order valence-electron chi connectivity index (χ3n) is 5.96. The van der Waals surface area contributed by atoms with Crippen molar-refractivity contribution in [3.8, 4) is 11.3 Å². The Hall–Kier alpha value is -4.48. The number of benzene rings is 3. The van der Waals surface area contributed by atoms with Gasteiger partial charge in [0.25, 0.3) is 11.8 Å². The number of carbonyl (C=O) groups is 3. The molecule has 0 radical (unpaired) electrons. The number of hydrogen-bond donors (Lipinski definition) is 3. The second-order valence-electron chi connectivity index (χ2n) is 9.14. The fourth-order valence-electron chi connectivity index (χ4n) is 3.86. The van der Waals surface area contributed by atoms with E-state index in [1.807, 2.05) is 5.38 Å². The zero-order valence-corrected chi connectivity index (χ0v) is 25.9. The largest absolute Gasteiger partial charge is 0.321 e. The summed E-state index contributed by atoms with van der Waals surface area (Å²) in [7, 11) is 0. The fraction of sp³-hybridized carbons (Fsp3) is 0.0312. The van der Waals surface area contributed by atoms with Crippen LogP contribution in [0.5, 0.6) is 0 Å². The number of nitrogens with zero attached hydrogens (tertiary/aromatic N) is 2. The highest BCUT2D eigenvalue weighted by molar-refractivity contribution is 8.00. The molecule has 5 aromatic rings. The molecule has 3 amide bonds. The van der Waals surface area contributed by atoms with Crippen molar-refractivity contribution in [3.63, 3.8) is 0 Å². The minimum Gasteiger partial charge on any atom is -0.321 e. The van der Waals surface area contributed by atoms with E-state index in [1.165, 1.54) is 23.1 Å². The van der Waals surface area contributed by atoms with Gasteiger partial charge in [0, 0.05) is 44.5 Å². The average molecular weight is 661 g/mol. The molecular formula is C32H23Cl2N5O3S2. The number of aromatic nitrogens is 2. The Morgan fingerprint density at radius 2 is 1.70 bits per heavy atom. The van der Waals surface area contributed by atoms with E-state index in [2.05, 4.69) is 25.9 Å². The minimum absolute atomic E-state index is 0.0608. The first-order valence-electron chi connectivity index (χ1n) is 13.1. The van der Waals surface area contributed by atoms with E-state index in [-0.39, 0.29) is 17.4 Å². The first-order valence-corrected chi connectivity index (χ1v) is 15.7. The molecule has 44 heavy (non-hydrogen) atoms. The summed E-state index contributed by atoms with van der Waals surface area (Å²) in [5, 5.41) is 11.6. The second-order valence-corrected chi connectivity index (χ2v) is 11.9. The Labute approximate surface area is 271 Å². The van der Waals surface area contributed by atoms with Crippen LogP contribution in [0.15, 0.2) is 113 Å². The summed E-state index contributed by atoms with van der Waals surface area (Å²) >= 11 is 14.9. The smallest absolute Gasteiger partial charge is 0.272 e. The monoisotopic (exact) mass is 659 g/mol. The highest BCUT2D eigenvalue weighted by atomic mass is 35.5. The molecule has 2 aromatic heterocycles. The number of pyridine rings is 1. The SMILES string of the molecule is O=C(CSc1ccc(NC(=O)/C(=C/c2cccnc2)NC(=O)c2ccccc2)cc1)Nc1nc(-c2ccc(Cl)cc2Cl)cs1. The van der Waals surface area contributed by atoms with E-state index < -0.39 is 11.8 Å². The standard InChI is InChI=1S/C32H23Cl2N5O3S2/c33-22-8-13-25(26(34)16-22)28-18-44-32(38-28)39-29(40)19-43-24-11-9-23(10-12-24)36-31(42)27(15-20-5-4-14-35-17-20)37-30(41)21-6-2-1-3-7-21/h1-18H,19H2,(H,36,42)(H,37,41)(H,38,39,40)/b27-15-. The van der Waals surface area contributed by atoms with Crippen molar-refractivity contribution in [2.75, 3.05) is 16.4 Å². The fourth-order valence-corrected chi connectivity index (χ4v) is 5.79. The maximum atomic E-state index is 13.2. The zero-order chi connectivity index (χ0) is 30.9. The lowest BCUT2D eigenvalue weighted by Gasteiger charge is -2.12. The van der Waals surface area contributed by atoms with Crippen molar-refractivity contribution < 1.29 is 14.4 Å². The molecule has 0 aliphatic heterocycles. The molecule has 2 heterocycles. The topological polar surface area (TPSA) is 113 Å². The van der Waals surface area contributed by atoms with E-state index in [0.717, 1.165) is 10.5 Å². The maximum Gasteiger partial charge on any atom is 0.272 e. The van der Waals surface area contributed by atoms with Crippen LogP contribution in [0.1, 0.15) is 15.9 Å². The number of carbonyl (C=O) groups excluding carboxylic acids is 3. The molecule has 0 spiro atoms. The normalized spacial score (nSPS) is 11.1. The van der Waals surface area contributed by atoms with E-state index >= 15 is 0 Å². The van der Waals surface area contributed by atoms with Crippen molar-refractivity contribution in [2.24, 2.45) is 0 Å². The molecule has 12 heteroatoms. The summed E-state index contributed by atoms with van der Waals surface area (Å²) in [6.45, 7) is 0. The van der Waals surface area contributed by atoms with Crippen LogP contribution in [-0.4, -0.2) is 33.4 Å². The van der Waals surface area contributed by atoms with Gasteiger partial charge in [-0.1, -0.05) is 47.5 Å². The molecule has 220 valence electrons. The number of halogens is 2. The van der Waals surface area contributed by atoms with Gasteiger partial charge in [0.1, 0.15) is 5.70 Å². The predicted molar refractivity (Wildman–Crippen MR) is 178 cm³/mol.